The second-order valence-corrected chi connectivity index (χ2v) is 4.97. The number of hydrogen-bond donors (Lipinski definition) is 3. The topological polar surface area (TPSA) is 81.1 Å². The lowest BCUT2D eigenvalue weighted by atomic mass is 10.1. The van der Waals surface area contributed by atoms with Crippen LogP contribution in [0, 0.1) is 0 Å². The number of carbonyl (C=O) groups is 1. The lowest BCUT2D eigenvalue weighted by Crippen LogP contribution is -2.15. The van der Waals surface area contributed by atoms with Gasteiger partial charge < -0.3 is 16.8 Å². The first-order chi connectivity index (χ1) is 9.08. The van der Waals surface area contributed by atoms with Crippen molar-refractivity contribution in [2.45, 2.75) is 6.54 Å². The van der Waals surface area contributed by atoms with Crippen LogP contribution in [-0.2, 0) is 6.54 Å². The first-order valence-electron chi connectivity index (χ1n) is 5.74. The molecule has 0 saturated heterocycles. The first-order valence-corrected chi connectivity index (χ1v) is 6.54. The second kappa shape index (κ2) is 5.75. The van der Waals surface area contributed by atoms with Crippen LogP contribution in [0.25, 0.3) is 0 Å². The molecule has 0 aliphatic heterocycles. The van der Waals surface area contributed by atoms with E-state index in [9.17, 15) is 4.79 Å². The number of nitrogens with one attached hydrogen (secondary N) is 1. The maximum atomic E-state index is 11.4. The summed E-state index contributed by atoms with van der Waals surface area (Å²) in [5, 5.41) is 3.19. The average molecular weight is 320 g/mol. The van der Waals surface area contributed by atoms with E-state index in [4.69, 9.17) is 11.5 Å². The third-order valence-corrected chi connectivity index (χ3v) is 3.51. The third kappa shape index (κ3) is 3.26. The Morgan fingerprint density at radius 3 is 2.63 bits per heavy atom. The van der Waals surface area contributed by atoms with Crippen molar-refractivity contribution >= 4 is 33.2 Å². The van der Waals surface area contributed by atoms with E-state index < -0.39 is 5.91 Å². The molecule has 0 saturated carbocycles. The highest BCUT2D eigenvalue weighted by Gasteiger charge is 2.08. The van der Waals surface area contributed by atoms with E-state index in [2.05, 4.69) is 21.2 Å². The van der Waals surface area contributed by atoms with Gasteiger partial charge in [0.2, 0.25) is 0 Å². The Morgan fingerprint density at radius 1 is 1.21 bits per heavy atom. The molecule has 0 radical (unpaired) electrons. The number of benzene rings is 2. The molecule has 19 heavy (non-hydrogen) atoms. The van der Waals surface area contributed by atoms with E-state index in [0.717, 1.165) is 10.0 Å². The highest BCUT2D eigenvalue weighted by Crippen LogP contribution is 2.21. The van der Waals surface area contributed by atoms with Crippen LogP contribution < -0.4 is 16.8 Å². The van der Waals surface area contributed by atoms with Gasteiger partial charge in [0.15, 0.2) is 0 Å². The molecule has 0 unspecified atom stereocenters. The van der Waals surface area contributed by atoms with Gasteiger partial charge in [0.1, 0.15) is 0 Å². The van der Waals surface area contributed by atoms with Crippen molar-refractivity contribution in [2.75, 3.05) is 11.1 Å². The predicted octanol–water partition coefficient (Wildman–Crippen LogP) is 2.74. The Morgan fingerprint density at radius 2 is 1.95 bits per heavy atom. The molecular formula is C14H14BrN3O. The summed E-state index contributed by atoms with van der Waals surface area (Å²) in [6, 6.07) is 12.9. The number of rotatable bonds is 4. The van der Waals surface area contributed by atoms with Crippen molar-refractivity contribution < 1.29 is 4.79 Å². The predicted molar refractivity (Wildman–Crippen MR) is 80.8 cm³/mol. The SMILES string of the molecule is NC(=O)c1cc(N)ccc1NCc1ccccc1Br. The summed E-state index contributed by atoms with van der Waals surface area (Å²) in [4.78, 5) is 11.4. The minimum Gasteiger partial charge on any atom is -0.399 e. The van der Waals surface area contributed by atoms with Crippen molar-refractivity contribution in [1.29, 1.82) is 0 Å². The highest BCUT2D eigenvalue weighted by molar-refractivity contribution is 9.10. The molecule has 0 heterocycles. The van der Waals surface area contributed by atoms with Crippen LogP contribution in [0.4, 0.5) is 11.4 Å². The van der Waals surface area contributed by atoms with Crippen molar-refractivity contribution in [1.82, 2.24) is 0 Å². The molecule has 2 aromatic carbocycles. The summed E-state index contributed by atoms with van der Waals surface area (Å²) in [6.07, 6.45) is 0. The molecular weight excluding hydrogens is 306 g/mol. The molecule has 0 atom stereocenters. The van der Waals surface area contributed by atoms with Gasteiger partial charge in [-0.3, -0.25) is 4.79 Å². The first kappa shape index (κ1) is 13.4. The van der Waals surface area contributed by atoms with Crippen LogP contribution in [0.5, 0.6) is 0 Å². The second-order valence-electron chi connectivity index (χ2n) is 4.11. The number of anilines is 2. The fraction of sp³-hybridized carbons (Fsp3) is 0.0714. The zero-order valence-corrected chi connectivity index (χ0v) is 11.8. The third-order valence-electron chi connectivity index (χ3n) is 2.74. The molecule has 0 spiro atoms. The Labute approximate surface area is 119 Å². The summed E-state index contributed by atoms with van der Waals surface area (Å²) < 4.78 is 1.01. The molecule has 0 fully saturated rings. The van der Waals surface area contributed by atoms with E-state index in [-0.39, 0.29) is 0 Å². The van der Waals surface area contributed by atoms with Crippen molar-refractivity contribution in [3.05, 3.63) is 58.1 Å². The fourth-order valence-electron chi connectivity index (χ4n) is 1.75. The van der Waals surface area contributed by atoms with Crippen molar-refractivity contribution in [3.8, 4) is 0 Å². The minimum atomic E-state index is -0.498. The molecule has 4 nitrogen and oxygen atoms in total. The molecule has 2 aromatic rings. The van der Waals surface area contributed by atoms with Gasteiger partial charge in [-0.15, -0.1) is 0 Å². The van der Waals surface area contributed by atoms with Crippen molar-refractivity contribution in [3.63, 3.8) is 0 Å². The largest absolute Gasteiger partial charge is 0.399 e. The van der Waals surface area contributed by atoms with Gasteiger partial charge in [-0.05, 0) is 29.8 Å². The number of nitrogens with two attached hydrogens (primary N) is 2. The van der Waals surface area contributed by atoms with Gasteiger partial charge in [-0.2, -0.15) is 0 Å². The normalized spacial score (nSPS) is 10.2. The van der Waals surface area contributed by atoms with E-state index in [1.807, 2.05) is 24.3 Å². The molecule has 0 aromatic heterocycles. The van der Waals surface area contributed by atoms with Crippen LogP contribution >= 0.6 is 15.9 Å². The van der Waals surface area contributed by atoms with Gasteiger partial charge in [0.05, 0.1) is 5.56 Å². The lowest BCUT2D eigenvalue weighted by molar-refractivity contribution is 0.100. The number of carbonyl (C=O) groups excluding carboxylic acids is 1. The standard InChI is InChI=1S/C14H14BrN3O/c15-12-4-2-1-3-9(12)8-18-13-6-5-10(16)7-11(13)14(17)19/h1-7,18H,8,16H2,(H2,17,19). The van der Waals surface area contributed by atoms with Crippen molar-refractivity contribution in [2.24, 2.45) is 5.73 Å². The van der Waals surface area contributed by atoms with E-state index >= 15 is 0 Å². The highest BCUT2D eigenvalue weighted by atomic mass is 79.9. The lowest BCUT2D eigenvalue weighted by Gasteiger charge is -2.11. The monoisotopic (exact) mass is 319 g/mol. The average Bonchev–Trinajstić information content (AvgIpc) is 2.38. The molecule has 5 N–H and O–H groups in total. The van der Waals surface area contributed by atoms with Crippen LogP contribution in [0.3, 0.4) is 0 Å². The zero-order chi connectivity index (χ0) is 13.8. The van der Waals surface area contributed by atoms with Crippen LogP contribution in [0.15, 0.2) is 46.9 Å². The Kier molecular flexibility index (Phi) is 4.06. The molecule has 0 bridgehead atoms. The number of amides is 1. The minimum absolute atomic E-state index is 0.395. The zero-order valence-electron chi connectivity index (χ0n) is 10.2. The number of halogens is 1. The van der Waals surface area contributed by atoms with Gasteiger partial charge in [0, 0.05) is 22.4 Å². The maximum absolute atomic E-state index is 11.4. The van der Waals surface area contributed by atoms with Gasteiger partial charge in [-0.1, -0.05) is 34.1 Å². The maximum Gasteiger partial charge on any atom is 0.250 e. The van der Waals surface area contributed by atoms with E-state index in [0.29, 0.717) is 23.5 Å². The smallest absolute Gasteiger partial charge is 0.250 e. The van der Waals surface area contributed by atoms with Crippen LogP contribution in [-0.4, -0.2) is 5.91 Å². The number of primary amides is 1. The van der Waals surface area contributed by atoms with E-state index in [1.54, 1.807) is 18.2 Å². The molecule has 5 heteroatoms. The van der Waals surface area contributed by atoms with Crippen LogP contribution in [0.1, 0.15) is 15.9 Å². The van der Waals surface area contributed by atoms with Gasteiger partial charge in [0.25, 0.3) is 5.91 Å². The quantitative estimate of drug-likeness (QED) is 0.758. The number of hydrogen-bond acceptors (Lipinski definition) is 3. The fourth-order valence-corrected chi connectivity index (χ4v) is 2.18. The molecule has 98 valence electrons. The van der Waals surface area contributed by atoms with Crippen LogP contribution in [0.2, 0.25) is 0 Å². The summed E-state index contributed by atoms with van der Waals surface area (Å²) >= 11 is 3.48. The van der Waals surface area contributed by atoms with Gasteiger partial charge in [-0.25, -0.2) is 0 Å². The van der Waals surface area contributed by atoms with E-state index in [1.165, 1.54) is 0 Å². The van der Waals surface area contributed by atoms with Gasteiger partial charge >= 0.3 is 0 Å². The summed E-state index contributed by atoms with van der Waals surface area (Å²) in [6.45, 7) is 0.589. The molecule has 0 aliphatic rings. The Hall–Kier alpha value is -2.01. The molecule has 0 aliphatic carbocycles. The molecule has 1 amide bonds. The number of nitrogen functional groups attached to an aromatic ring is 1. The molecule has 2 rings (SSSR count). The summed E-state index contributed by atoms with van der Waals surface area (Å²) in [5.41, 5.74) is 13.7. The summed E-state index contributed by atoms with van der Waals surface area (Å²) in [5.74, 6) is -0.498. The Bertz CT molecular complexity index is 613. The summed E-state index contributed by atoms with van der Waals surface area (Å²) in [7, 11) is 0. The Balaban J connectivity index is 2.20.